The molecule has 0 aromatic carbocycles. The molecule has 10 atom stereocenters. The van der Waals surface area contributed by atoms with Gasteiger partial charge < -0.3 is 40.8 Å². The summed E-state index contributed by atoms with van der Waals surface area (Å²) in [5, 5.41) is 0. The third-order valence-corrected chi connectivity index (χ3v) is 21.0. The number of rotatable bonds is 22. The van der Waals surface area contributed by atoms with Crippen LogP contribution in [0.3, 0.4) is 0 Å². The third-order valence-electron chi connectivity index (χ3n) is 12.6. The quantitative estimate of drug-likeness (QED) is 0.0622. The Kier molecular flexibility index (Phi) is 15.5. The van der Waals surface area contributed by atoms with E-state index in [1.807, 2.05) is 0 Å². The van der Waals surface area contributed by atoms with E-state index >= 15 is 0 Å². The molecule has 0 spiro atoms. The molecule has 19 heteroatoms. The Bertz CT molecular complexity index is 1530. The number of ether oxygens (including phenoxy) is 4. The van der Waals surface area contributed by atoms with Crippen LogP contribution in [0.1, 0.15) is 109 Å². The van der Waals surface area contributed by atoms with E-state index in [0.717, 1.165) is 0 Å². The molecular formula is C40H62O17Si2. The number of carbonyl (C=O) groups excluding carboxylic acids is 8. The largest absolute Gasteiger partial charge is 0.497 e. The molecule has 4 fully saturated rings. The zero-order chi connectivity index (χ0) is 44.4. The Morgan fingerprint density at radius 2 is 0.763 bits per heavy atom. The molecule has 0 amide bonds. The van der Waals surface area contributed by atoms with Crippen molar-refractivity contribution in [3.05, 3.63) is 0 Å². The summed E-state index contributed by atoms with van der Waals surface area (Å²) in [6.07, 6.45) is 0.265. The van der Waals surface area contributed by atoms with Gasteiger partial charge in [0.15, 0.2) is 0 Å². The lowest BCUT2D eigenvalue weighted by atomic mass is 9.67. The van der Waals surface area contributed by atoms with Gasteiger partial charge in [-0.15, -0.1) is 0 Å². The Labute approximate surface area is 348 Å². The first kappa shape index (κ1) is 48.5. The van der Waals surface area contributed by atoms with Crippen molar-refractivity contribution in [3.63, 3.8) is 0 Å². The lowest BCUT2D eigenvalue weighted by Crippen LogP contribution is -2.65. The second kappa shape index (κ2) is 18.8. The summed E-state index contributed by atoms with van der Waals surface area (Å²) < 4.78 is 54.1. The molecule has 0 aromatic heterocycles. The van der Waals surface area contributed by atoms with Crippen LogP contribution in [0.15, 0.2) is 0 Å². The molecule has 0 saturated carbocycles. The van der Waals surface area contributed by atoms with Gasteiger partial charge in [0.25, 0.3) is 0 Å². The van der Waals surface area contributed by atoms with Crippen molar-refractivity contribution in [2.45, 2.75) is 120 Å². The Morgan fingerprint density at radius 1 is 0.475 bits per heavy atom. The second-order valence-electron chi connectivity index (χ2n) is 17.2. The first-order valence-corrected chi connectivity index (χ1v) is 24.5. The van der Waals surface area contributed by atoms with Gasteiger partial charge in [-0.25, -0.2) is 0 Å². The van der Waals surface area contributed by atoms with E-state index in [1.54, 1.807) is 83.1 Å². The smallest absolute Gasteiger partial charge is 0.393 e. The molecule has 4 rings (SSSR count). The van der Waals surface area contributed by atoms with Gasteiger partial charge in [-0.05, 0) is 64.2 Å². The van der Waals surface area contributed by atoms with Gasteiger partial charge >= 0.3 is 65.4 Å². The number of hydrogen-bond donors (Lipinski definition) is 0. The highest BCUT2D eigenvalue weighted by Crippen LogP contribution is 2.54. The van der Waals surface area contributed by atoms with Gasteiger partial charge in [-0.1, -0.05) is 55.4 Å². The first-order chi connectivity index (χ1) is 27.6. The van der Waals surface area contributed by atoms with E-state index < -0.39 is 135 Å². The van der Waals surface area contributed by atoms with Crippen molar-refractivity contribution in [2.24, 2.45) is 58.2 Å². The Morgan fingerprint density at radius 3 is 1.00 bits per heavy atom. The van der Waals surface area contributed by atoms with Crippen molar-refractivity contribution in [1.29, 1.82) is 0 Å². The van der Waals surface area contributed by atoms with E-state index in [-0.39, 0.29) is 52.1 Å². The van der Waals surface area contributed by atoms with Gasteiger partial charge in [0.2, 0.25) is 0 Å². The van der Waals surface area contributed by atoms with E-state index in [0.29, 0.717) is 0 Å². The van der Waals surface area contributed by atoms with Gasteiger partial charge in [0.05, 0.1) is 47.3 Å². The summed E-state index contributed by atoms with van der Waals surface area (Å²) in [6, 6.07) is 0. The maximum atomic E-state index is 13.9. The number of hydrogen-bond acceptors (Lipinski definition) is 17. The average Bonchev–Trinajstić information content (AvgIpc) is 3.76. The molecule has 17 nitrogen and oxygen atoms in total. The minimum absolute atomic E-state index is 0.0246. The molecule has 0 aromatic rings. The SMILES string of the molecule is CCO[Si](OCC)(O[Si](OCC)(OCC)C(CC)C1C(=O)OC(=O)C1CC(C)(C)C1C(=O)OC(=O)C1C)C(CC)C1C(=O)OC(=O)C1CC(C)(C)C1C(=O)OC(=O)C1C. The topological polar surface area (TPSA) is 220 Å². The van der Waals surface area contributed by atoms with Crippen LogP contribution in [0, 0.1) is 58.2 Å². The lowest BCUT2D eigenvalue weighted by molar-refractivity contribution is -0.157. The highest BCUT2D eigenvalue weighted by molar-refractivity contribution is 6.77. The van der Waals surface area contributed by atoms with Gasteiger partial charge in [0, 0.05) is 37.5 Å². The van der Waals surface area contributed by atoms with Crippen LogP contribution >= 0.6 is 0 Å². The van der Waals surface area contributed by atoms with Crippen LogP contribution in [0.5, 0.6) is 0 Å². The predicted octanol–water partition coefficient (Wildman–Crippen LogP) is 4.72. The van der Waals surface area contributed by atoms with Crippen molar-refractivity contribution in [3.8, 4) is 0 Å². The fourth-order valence-corrected chi connectivity index (χ4v) is 19.2. The lowest BCUT2D eigenvalue weighted by Gasteiger charge is -2.46. The molecule has 4 aliphatic rings. The maximum absolute atomic E-state index is 13.9. The van der Waals surface area contributed by atoms with Crippen LogP contribution < -0.4 is 0 Å². The van der Waals surface area contributed by atoms with Crippen LogP contribution in [0.25, 0.3) is 0 Å². The molecule has 4 aliphatic heterocycles. The fourth-order valence-electron chi connectivity index (χ4n) is 10.2. The van der Waals surface area contributed by atoms with E-state index in [4.69, 9.17) is 40.8 Å². The minimum Gasteiger partial charge on any atom is -0.393 e. The van der Waals surface area contributed by atoms with Crippen LogP contribution in [0.4, 0.5) is 0 Å². The fraction of sp³-hybridized carbons (Fsp3) is 0.800. The summed E-state index contributed by atoms with van der Waals surface area (Å²) in [4.78, 5) is 106. The summed E-state index contributed by atoms with van der Waals surface area (Å²) in [5.41, 5.74) is -3.95. The summed E-state index contributed by atoms with van der Waals surface area (Å²) >= 11 is 0. The molecule has 10 unspecified atom stereocenters. The zero-order valence-corrected chi connectivity index (χ0v) is 38.4. The number of esters is 8. The second-order valence-corrected chi connectivity index (χ2v) is 23.1. The molecule has 0 aliphatic carbocycles. The normalized spacial score (nSPS) is 29.2. The van der Waals surface area contributed by atoms with Crippen molar-refractivity contribution in [2.75, 3.05) is 26.4 Å². The molecule has 4 heterocycles. The van der Waals surface area contributed by atoms with Crippen LogP contribution in [-0.4, -0.2) is 91.8 Å². The molecule has 0 N–H and O–H groups in total. The molecule has 332 valence electrons. The minimum atomic E-state index is -4.37. The Hall–Kier alpha value is -3.21. The van der Waals surface area contributed by atoms with Gasteiger partial charge in [0.1, 0.15) is 0 Å². The van der Waals surface area contributed by atoms with Gasteiger partial charge in [-0.3, -0.25) is 38.4 Å². The number of carbonyl (C=O) groups is 8. The summed E-state index contributed by atoms with van der Waals surface area (Å²) in [5.74, 6) is -14.0. The van der Waals surface area contributed by atoms with E-state index in [9.17, 15) is 38.4 Å². The molecule has 0 bridgehead atoms. The number of cyclic esters (lactones) is 8. The van der Waals surface area contributed by atoms with E-state index in [2.05, 4.69) is 0 Å². The highest BCUT2D eigenvalue weighted by Gasteiger charge is 2.69. The van der Waals surface area contributed by atoms with Crippen LogP contribution in [-0.2, 0) is 79.1 Å². The molecule has 59 heavy (non-hydrogen) atoms. The molecule has 4 saturated heterocycles. The first-order valence-electron chi connectivity index (χ1n) is 20.8. The molecule has 0 radical (unpaired) electrons. The van der Waals surface area contributed by atoms with E-state index in [1.165, 1.54) is 0 Å². The van der Waals surface area contributed by atoms with Gasteiger partial charge in [-0.2, -0.15) is 0 Å². The summed E-state index contributed by atoms with van der Waals surface area (Å²) in [6.45, 7) is 20.6. The molecular weight excluding hydrogens is 809 g/mol. The Balaban J connectivity index is 1.84. The maximum Gasteiger partial charge on any atom is 0.497 e. The third kappa shape index (κ3) is 9.21. The zero-order valence-electron chi connectivity index (χ0n) is 36.4. The monoisotopic (exact) mass is 870 g/mol. The van der Waals surface area contributed by atoms with Crippen molar-refractivity contribution >= 4 is 65.4 Å². The summed E-state index contributed by atoms with van der Waals surface area (Å²) in [7, 11) is -8.73. The van der Waals surface area contributed by atoms with Crippen molar-refractivity contribution < 1.29 is 79.1 Å². The van der Waals surface area contributed by atoms with Crippen LogP contribution in [0.2, 0.25) is 11.1 Å². The predicted molar refractivity (Wildman–Crippen MR) is 208 cm³/mol. The average molecular weight is 871 g/mol. The van der Waals surface area contributed by atoms with Crippen molar-refractivity contribution in [1.82, 2.24) is 0 Å². The standard InChI is InChI=1S/C40H62O17Si2/c1-13-25(27-23(33(43)55-35(27)45)19-39(9,10)29-21(7)31(41)53-37(29)47)58(49-15-3,50-16-4)57-59(51-17-5,52-18-6)26(14-2)28-24(34(44)56-36(28)46)20-40(11,12)30-22(8)32(42)54-38(30)48/h21-30H,13-20H2,1-12H3. The highest BCUT2D eigenvalue weighted by atomic mass is 28.5.